The number of ketones is 1. The maximum Gasteiger partial charge on any atom is 0.317 e. The number of esters is 1. The normalized spacial score (nSPS) is 12.9. The summed E-state index contributed by atoms with van der Waals surface area (Å²) < 4.78 is 6.08. The number of rotatable bonds is 3. The summed E-state index contributed by atoms with van der Waals surface area (Å²) in [4.78, 5) is 24.1. The lowest BCUT2D eigenvalue weighted by molar-refractivity contribution is -0.157. The molecule has 19 heavy (non-hydrogen) atoms. The molecule has 0 N–H and O–H groups in total. The maximum absolute atomic E-state index is 12.2. The van der Waals surface area contributed by atoms with E-state index < -0.39 is 17.5 Å². The third-order valence-corrected chi connectivity index (χ3v) is 3.46. The molecule has 0 saturated heterocycles. The summed E-state index contributed by atoms with van der Waals surface area (Å²) in [7, 11) is 0. The summed E-state index contributed by atoms with van der Waals surface area (Å²) in [6, 6.07) is 5.31. The van der Waals surface area contributed by atoms with Crippen LogP contribution in [0.1, 0.15) is 43.6 Å². The van der Waals surface area contributed by atoms with Gasteiger partial charge in [-0.1, -0.05) is 28.1 Å². The largest absolute Gasteiger partial charge is 0.459 e. The number of aryl methyl sites for hydroxylation is 1. The Bertz CT molecular complexity index is 501. The van der Waals surface area contributed by atoms with Gasteiger partial charge in [-0.2, -0.15) is 0 Å². The van der Waals surface area contributed by atoms with Crippen LogP contribution in [-0.4, -0.2) is 17.4 Å². The van der Waals surface area contributed by atoms with Gasteiger partial charge in [0.25, 0.3) is 0 Å². The first kappa shape index (κ1) is 15.9. The molecular formula is C15H19BrO3. The van der Waals surface area contributed by atoms with E-state index in [0.717, 1.165) is 10.0 Å². The summed E-state index contributed by atoms with van der Waals surface area (Å²) in [5.74, 6) is -1.52. The zero-order valence-corrected chi connectivity index (χ0v) is 13.5. The van der Waals surface area contributed by atoms with Gasteiger partial charge < -0.3 is 4.74 Å². The second-order valence-electron chi connectivity index (χ2n) is 5.58. The van der Waals surface area contributed by atoms with E-state index in [2.05, 4.69) is 15.9 Å². The number of hydrogen-bond donors (Lipinski definition) is 0. The predicted octanol–water partition coefficient (Wildman–Crippen LogP) is 3.92. The van der Waals surface area contributed by atoms with Crippen molar-refractivity contribution in [1.82, 2.24) is 0 Å². The van der Waals surface area contributed by atoms with Crippen LogP contribution in [0, 0.1) is 12.8 Å². The lowest BCUT2D eigenvalue weighted by Crippen LogP contribution is -2.31. The molecule has 4 heteroatoms. The molecule has 0 aliphatic rings. The first-order chi connectivity index (χ1) is 8.61. The minimum Gasteiger partial charge on any atom is -0.459 e. The third-order valence-electron chi connectivity index (χ3n) is 2.61. The highest BCUT2D eigenvalue weighted by atomic mass is 79.9. The summed E-state index contributed by atoms with van der Waals surface area (Å²) in [6.07, 6.45) is 0. The summed E-state index contributed by atoms with van der Waals surface area (Å²) >= 11 is 3.38. The van der Waals surface area contributed by atoms with Crippen molar-refractivity contribution >= 4 is 27.7 Å². The SMILES string of the molecule is Cc1ccc(C(=O)C(C)C(=O)OC(C)(C)C)cc1Br. The molecule has 0 spiro atoms. The van der Waals surface area contributed by atoms with Gasteiger partial charge in [0, 0.05) is 10.0 Å². The standard InChI is InChI=1S/C15H19BrO3/c1-9-6-7-11(8-12(9)16)13(17)10(2)14(18)19-15(3,4)5/h6-8,10H,1-5H3. The number of hydrogen-bond acceptors (Lipinski definition) is 3. The second kappa shape index (κ2) is 5.87. The highest BCUT2D eigenvalue weighted by molar-refractivity contribution is 9.10. The van der Waals surface area contributed by atoms with Crippen molar-refractivity contribution in [3.05, 3.63) is 33.8 Å². The molecule has 0 fully saturated rings. The van der Waals surface area contributed by atoms with Crippen LogP contribution >= 0.6 is 15.9 Å². The Labute approximate surface area is 122 Å². The molecule has 1 unspecified atom stereocenters. The summed E-state index contributed by atoms with van der Waals surface area (Å²) in [6.45, 7) is 8.86. The summed E-state index contributed by atoms with van der Waals surface area (Å²) in [5, 5.41) is 0. The molecular weight excluding hydrogens is 308 g/mol. The topological polar surface area (TPSA) is 43.4 Å². The molecule has 0 radical (unpaired) electrons. The van der Waals surface area contributed by atoms with Crippen molar-refractivity contribution in [2.75, 3.05) is 0 Å². The van der Waals surface area contributed by atoms with Crippen molar-refractivity contribution in [1.29, 1.82) is 0 Å². The van der Waals surface area contributed by atoms with Gasteiger partial charge in [-0.15, -0.1) is 0 Å². The van der Waals surface area contributed by atoms with Gasteiger partial charge in [-0.3, -0.25) is 9.59 Å². The molecule has 0 amide bonds. The molecule has 1 rings (SSSR count). The molecule has 1 aromatic rings. The number of benzene rings is 1. The first-order valence-electron chi connectivity index (χ1n) is 6.15. The van der Waals surface area contributed by atoms with Crippen LogP contribution in [0.5, 0.6) is 0 Å². The lowest BCUT2D eigenvalue weighted by atomic mass is 9.98. The Morgan fingerprint density at radius 1 is 1.26 bits per heavy atom. The molecule has 104 valence electrons. The molecule has 0 aliphatic carbocycles. The van der Waals surface area contributed by atoms with Crippen molar-refractivity contribution in [3.8, 4) is 0 Å². The highest BCUT2D eigenvalue weighted by Crippen LogP contribution is 2.21. The molecule has 1 atom stereocenters. The number of halogens is 1. The lowest BCUT2D eigenvalue weighted by Gasteiger charge is -2.21. The van der Waals surface area contributed by atoms with Crippen molar-refractivity contribution < 1.29 is 14.3 Å². The van der Waals surface area contributed by atoms with Crippen molar-refractivity contribution in [2.45, 2.75) is 40.2 Å². The highest BCUT2D eigenvalue weighted by Gasteiger charge is 2.28. The predicted molar refractivity (Wildman–Crippen MR) is 78.2 cm³/mol. The number of ether oxygens (including phenoxy) is 1. The van der Waals surface area contributed by atoms with Crippen LogP contribution < -0.4 is 0 Å². The molecule has 0 heterocycles. The fourth-order valence-electron chi connectivity index (χ4n) is 1.49. The van der Waals surface area contributed by atoms with E-state index in [9.17, 15) is 9.59 Å². The van der Waals surface area contributed by atoms with Gasteiger partial charge in [-0.25, -0.2) is 0 Å². The fraction of sp³-hybridized carbons (Fsp3) is 0.467. The average molecular weight is 327 g/mol. The van der Waals surface area contributed by atoms with E-state index in [1.807, 2.05) is 13.0 Å². The quantitative estimate of drug-likeness (QED) is 0.480. The van der Waals surface area contributed by atoms with Gasteiger partial charge in [-0.05, 0) is 46.2 Å². The van der Waals surface area contributed by atoms with E-state index in [1.54, 1.807) is 39.8 Å². The second-order valence-corrected chi connectivity index (χ2v) is 6.44. The van der Waals surface area contributed by atoms with Crippen LogP contribution in [0.15, 0.2) is 22.7 Å². The Balaban J connectivity index is 2.87. The van der Waals surface area contributed by atoms with Crippen LogP contribution in [0.4, 0.5) is 0 Å². The molecule has 0 bridgehead atoms. The monoisotopic (exact) mass is 326 g/mol. The van der Waals surface area contributed by atoms with E-state index in [-0.39, 0.29) is 5.78 Å². The molecule has 0 aliphatic heterocycles. The van der Waals surface area contributed by atoms with Crippen LogP contribution in [0.3, 0.4) is 0 Å². The number of carbonyl (C=O) groups is 2. The van der Waals surface area contributed by atoms with Gasteiger partial charge in [0.2, 0.25) is 0 Å². The first-order valence-corrected chi connectivity index (χ1v) is 6.94. The molecule has 3 nitrogen and oxygen atoms in total. The fourth-order valence-corrected chi connectivity index (χ4v) is 1.87. The van der Waals surface area contributed by atoms with Crippen molar-refractivity contribution in [2.24, 2.45) is 5.92 Å². The average Bonchev–Trinajstić information content (AvgIpc) is 2.28. The summed E-state index contributed by atoms with van der Waals surface area (Å²) in [5.41, 5.74) is 0.969. The Morgan fingerprint density at radius 3 is 2.32 bits per heavy atom. The number of Topliss-reactive ketones (excluding diaryl/α,β-unsaturated/α-hetero) is 1. The van der Waals surface area contributed by atoms with E-state index in [1.165, 1.54) is 0 Å². The van der Waals surface area contributed by atoms with Crippen LogP contribution in [-0.2, 0) is 9.53 Å². The van der Waals surface area contributed by atoms with Gasteiger partial charge in [0.15, 0.2) is 5.78 Å². The minimum atomic E-state index is -0.797. The van der Waals surface area contributed by atoms with Crippen LogP contribution in [0.25, 0.3) is 0 Å². The van der Waals surface area contributed by atoms with E-state index in [4.69, 9.17) is 4.74 Å². The minimum absolute atomic E-state index is 0.227. The zero-order valence-electron chi connectivity index (χ0n) is 11.9. The van der Waals surface area contributed by atoms with Crippen molar-refractivity contribution in [3.63, 3.8) is 0 Å². The smallest absolute Gasteiger partial charge is 0.317 e. The third kappa shape index (κ3) is 4.46. The molecule has 0 aromatic heterocycles. The van der Waals surface area contributed by atoms with Gasteiger partial charge >= 0.3 is 5.97 Å². The van der Waals surface area contributed by atoms with Crippen LogP contribution in [0.2, 0.25) is 0 Å². The van der Waals surface area contributed by atoms with E-state index in [0.29, 0.717) is 5.56 Å². The number of carbonyl (C=O) groups excluding carboxylic acids is 2. The molecule has 0 saturated carbocycles. The Hall–Kier alpha value is -1.16. The maximum atomic E-state index is 12.2. The molecule has 1 aromatic carbocycles. The van der Waals surface area contributed by atoms with E-state index >= 15 is 0 Å². The Kier molecular flexibility index (Phi) is 4.91. The van der Waals surface area contributed by atoms with Gasteiger partial charge in [0.05, 0.1) is 0 Å². The van der Waals surface area contributed by atoms with Gasteiger partial charge in [0.1, 0.15) is 11.5 Å². The Morgan fingerprint density at radius 2 is 1.84 bits per heavy atom. The zero-order chi connectivity index (χ0) is 14.8.